The normalized spacial score (nSPS) is 12.8. The number of methoxy groups -OCH3 is 1. The van der Waals surface area contributed by atoms with E-state index < -0.39 is 5.82 Å². The van der Waals surface area contributed by atoms with Crippen LogP contribution >= 0.6 is 0 Å². The lowest BCUT2D eigenvalue weighted by atomic mass is 10.2. The van der Waals surface area contributed by atoms with Gasteiger partial charge in [-0.2, -0.15) is 5.10 Å². The zero-order valence-electron chi connectivity index (χ0n) is 15.6. The van der Waals surface area contributed by atoms with Crippen LogP contribution in [0.1, 0.15) is 21.7 Å². The highest BCUT2D eigenvalue weighted by Gasteiger charge is 2.31. The molecule has 0 atom stereocenters. The van der Waals surface area contributed by atoms with Crippen molar-refractivity contribution in [3.8, 4) is 11.5 Å². The minimum absolute atomic E-state index is 0.101. The maximum atomic E-state index is 14.0. The highest BCUT2D eigenvalue weighted by molar-refractivity contribution is 6.08. The second kappa shape index (κ2) is 7.30. The highest BCUT2D eigenvalue weighted by atomic mass is 19.1. The first-order valence-corrected chi connectivity index (χ1v) is 8.62. The molecule has 0 radical (unpaired) electrons. The average Bonchev–Trinajstić information content (AvgIpc) is 3.05. The van der Waals surface area contributed by atoms with E-state index in [2.05, 4.69) is 15.1 Å². The molecule has 4 heterocycles. The van der Waals surface area contributed by atoms with E-state index in [1.54, 1.807) is 6.07 Å². The fourth-order valence-electron chi connectivity index (χ4n) is 2.89. The number of rotatable bonds is 5. The van der Waals surface area contributed by atoms with E-state index >= 15 is 0 Å². The number of hydrogen-bond donors (Lipinski definition) is 0. The van der Waals surface area contributed by atoms with Gasteiger partial charge in [0, 0.05) is 24.7 Å². The van der Waals surface area contributed by atoms with Crippen LogP contribution in [0.2, 0.25) is 0 Å². The number of nitrogens with zero attached hydrogens (tertiary/aromatic N) is 5. The largest absolute Gasteiger partial charge is 0.495 e. The number of aryl methyl sites for hydroxylation is 1. The molecule has 3 aromatic heterocycles. The van der Waals surface area contributed by atoms with Crippen LogP contribution in [-0.4, -0.2) is 32.8 Å². The van der Waals surface area contributed by atoms with Crippen LogP contribution in [0.3, 0.4) is 0 Å². The molecule has 1 aliphatic rings. The number of amides is 1. The first-order valence-electron chi connectivity index (χ1n) is 8.62. The molecule has 1 amide bonds. The summed E-state index contributed by atoms with van der Waals surface area (Å²) in [6.45, 7) is 0.134. The summed E-state index contributed by atoms with van der Waals surface area (Å²) < 4.78 is 25.7. The Hall–Kier alpha value is -3.82. The van der Waals surface area contributed by atoms with E-state index in [9.17, 15) is 14.0 Å². The topological polar surface area (TPSA) is 99.4 Å². The van der Waals surface area contributed by atoms with Crippen molar-refractivity contribution in [3.63, 3.8) is 0 Å². The first kappa shape index (κ1) is 18.5. The number of pyridine rings is 2. The third-order valence-corrected chi connectivity index (χ3v) is 4.44. The van der Waals surface area contributed by atoms with Gasteiger partial charge < -0.3 is 9.47 Å². The molecule has 0 bridgehead atoms. The quantitative estimate of drug-likeness (QED) is 0.643. The minimum atomic E-state index is -0.541. The second-order valence-corrected chi connectivity index (χ2v) is 6.32. The summed E-state index contributed by atoms with van der Waals surface area (Å²) in [5.74, 6) is 0.183. The van der Waals surface area contributed by atoms with Crippen LogP contribution in [-0.2, 0) is 20.2 Å². The number of fused-ring (bicyclic) bond motifs is 1. The molecule has 0 unspecified atom stereocenters. The maximum Gasteiger partial charge on any atom is 0.278 e. The van der Waals surface area contributed by atoms with E-state index in [0.29, 0.717) is 22.9 Å². The van der Waals surface area contributed by atoms with E-state index in [-0.39, 0.29) is 36.0 Å². The molecular formula is C19H16FN5O4. The standard InChI is InChI=1S/C19H16FN5O4/c1-24-17(26)4-3-16(23-24)25-9-11-5-13(8-22-18(11)19(25)27)29-10-15-14(20)6-12(28-2)7-21-15/h3-8H,9-10H2,1-2H3. The minimum Gasteiger partial charge on any atom is -0.495 e. The van der Waals surface area contributed by atoms with Gasteiger partial charge in [0.15, 0.2) is 11.6 Å². The Kier molecular flexibility index (Phi) is 4.67. The molecule has 0 fully saturated rings. The number of carbonyl (C=O) groups excluding carboxylic acids is 1. The van der Waals surface area contributed by atoms with Crippen molar-refractivity contribution in [1.29, 1.82) is 0 Å². The van der Waals surface area contributed by atoms with Gasteiger partial charge in [0.05, 0.1) is 26.0 Å². The van der Waals surface area contributed by atoms with Gasteiger partial charge >= 0.3 is 0 Å². The number of aromatic nitrogens is 4. The van der Waals surface area contributed by atoms with Gasteiger partial charge in [-0.05, 0) is 12.1 Å². The van der Waals surface area contributed by atoms with Gasteiger partial charge in [0.2, 0.25) is 0 Å². The van der Waals surface area contributed by atoms with Crippen LogP contribution in [0.15, 0.2) is 41.5 Å². The van der Waals surface area contributed by atoms with Crippen molar-refractivity contribution in [2.24, 2.45) is 7.05 Å². The molecule has 1 aliphatic heterocycles. The molecule has 0 saturated carbocycles. The molecule has 4 rings (SSSR count). The molecule has 29 heavy (non-hydrogen) atoms. The number of hydrogen-bond acceptors (Lipinski definition) is 7. The molecule has 9 nitrogen and oxygen atoms in total. The Morgan fingerprint density at radius 2 is 1.93 bits per heavy atom. The lowest BCUT2D eigenvalue weighted by Crippen LogP contribution is -2.28. The Bertz CT molecular complexity index is 1160. The van der Waals surface area contributed by atoms with Crippen molar-refractivity contribution >= 4 is 11.7 Å². The predicted molar refractivity (Wildman–Crippen MR) is 99.3 cm³/mol. The number of anilines is 1. The van der Waals surface area contributed by atoms with Gasteiger partial charge in [-0.1, -0.05) is 0 Å². The zero-order valence-corrected chi connectivity index (χ0v) is 15.6. The third-order valence-electron chi connectivity index (χ3n) is 4.44. The lowest BCUT2D eigenvalue weighted by Gasteiger charge is -2.14. The van der Waals surface area contributed by atoms with Gasteiger partial charge in [-0.25, -0.2) is 14.1 Å². The van der Waals surface area contributed by atoms with Crippen LogP contribution < -0.4 is 19.9 Å². The van der Waals surface area contributed by atoms with Crippen molar-refractivity contribution in [1.82, 2.24) is 19.7 Å². The molecular weight excluding hydrogens is 381 g/mol. The molecule has 10 heteroatoms. The van der Waals surface area contributed by atoms with Crippen LogP contribution in [0, 0.1) is 5.82 Å². The van der Waals surface area contributed by atoms with E-state index in [0.717, 1.165) is 4.68 Å². The summed E-state index contributed by atoms with van der Waals surface area (Å²) in [5, 5.41) is 4.10. The summed E-state index contributed by atoms with van der Waals surface area (Å²) in [6, 6.07) is 5.73. The van der Waals surface area contributed by atoms with Crippen molar-refractivity contribution in [2.45, 2.75) is 13.2 Å². The Labute approximate surface area is 164 Å². The molecule has 0 aliphatic carbocycles. The average molecular weight is 397 g/mol. The Morgan fingerprint density at radius 1 is 1.14 bits per heavy atom. The van der Waals surface area contributed by atoms with Crippen molar-refractivity contribution in [3.05, 3.63) is 69.8 Å². The second-order valence-electron chi connectivity index (χ2n) is 6.32. The van der Waals surface area contributed by atoms with Crippen LogP contribution in [0.4, 0.5) is 10.2 Å². The van der Waals surface area contributed by atoms with Crippen molar-refractivity contribution in [2.75, 3.05) is 12.0 Å². The van der Waals surface area contributed by atoms with Gasteiger partial charge in [0.25, 0.3) is 11.5 Å². The summed E-state index contributed by atoms with van der Waals surface area (Å²) in [5.41, 5.74) is 0.776. The van der Waals surface area contributed by atoms with E-state index in [4.69, 9.17) is 9.47 Å². The van der Waals surface area contributed by atoms with Gasteiger partial charge in [0.1, 0.15) is 29.5 Å². The molecule has 148 valence electrons. The zero-order chi connectivity index (χ0) is 20.5. The fraction of sp³-hybridized carbons (Fsp3) is 0.211. The molecule has 0 saturated heterocycles. The highest BCUT2D eigenvalue weighted by Crippen LogP contribution is 2.28. The number of carbonyl (C=O) groups is 1. The maximum absolute atomic E-state index is 14.0. The number of halogens is 1. The smallest absolute Gasteiger partial charge is 0.278 e. The molecule has 0 aromatic carbocycles. The fourth-order valence-corrected chi connectivity index (χ4v) is 2.89. The van der Waals surface area contributed by atoms with Crippen molar-refractivity contribution < 1.29 is 18.7 Å². The number of ether oxygens (including phenoxy) is 2. The monoisotopic (exact) mass is 397 g/mol. The molecule has 3 aromatic rings. The van der Waals surface area contributed by atoms with E-state index in [1.165, 1.54) is 49.7 Å². The summed E-state index contributed by atoms with van der Waals surface area (Å²) in [4.78, 5) is 33.7. The summed E-state index contributed by atoms with van der Waals surface area (Å²) >= 11 is 0. The summed E-state index contributed by atoms with van der Waals surface area (Å²) in [7, 11) is 2.94. The SMILES string of the molecule is COc1cnc(COc2cnc3c(c2)CN(c2ccc(=O)n(C)n2)C3=O)c(F)c1. The van der Waals surface area contributed by atoms with E-state index in [1.807, 2.05) is 0 Å². The van der Waals surface area contributed by atoms with Crippen LogP contribution in [0.5, 0.6) is 11.5 Å². The molecule has 0 N–H and O–H groups in total. The molecule has 0 spiro atoms. The summed E-state index contributed by atoms with van der Waals surface area (Å²) in [6.07, 6.45) is 2.80. The van der Waals surface area contributed by atoms with Crippen LogP contribution in [0.25, 0.3) is 0 Å². The predicted octanol–water partition coefficient (Wildman–Crippen LogP) is 1.46. The lowest BCUT2D eigenvalue weighted by molar-refractivity contribution is 0.0991. The Morgan fingerprint density at radius 3 is 2.66 bits per heavy atom. The third kappa shape index (κ3) is 3.51. The van der Waals surface area contributed by atoms with Gasteiger partial charge in [-0.15, -0.1) is 0 Å². The first-order chi connectivity index (χ1) is 14.0. The van der Waals surface area contributed by atoms with Gasteiger partial charge in [-0.3, -0.25) is 19.5 Å². The Balaban J connectivity index is 1.51.